The fourth-order valence-electron chi connectivity index (χ4n) is 3.09. The highest BCUT2D eigenvalue weighted by Crippen LogP contribution is 2.34. The van der Waals surface area contributed by atoms with Crippen molar-refractivity contribution in [1.29, 1.82) is 0 Å². The van der Waals surface area contributed by atoms with Gasteiger partial charge in [0.1, 0.15) is 11.9 Å². The predicted molar refractivity (Wildman–Crippen MR) is 85.3 cm³/mol. The Kier molecular flexibility index (Phi) is 4.57. The molecule has 0 bridgehead atoms. The van der Waals surface area contributed by atoms with E-state index in [4.69, 9.17) is 11.6 Å². The first-order chi connectivity index (χ1) is 11.0. The van der Waals surface area contributed by atoms with E-state index in [1.165, 1.54) is 12.1 Å². The van der Waals surface area contributed by atoms with Gasteiger partial charge in [0.15, 0.2) is 0 Å². The molecule has 1 saturated heterocycles. The summed E-state index contributed by atoms with van der Waals surface area (Å²) in [4.78, 5) is 28.3. The van der Waals surface area contributed by atoms with Crippen molar-refractivity contribution in [2.45, 2.75) is 38.3 Å². The minimum Gasteiger partial charge on any atom is -0.340 e. The monoisotopic (exact) mass is 338 g/mol. The van der Waals surface area contributed by atoms with E-state index in [2.05, 4.69) is 0 Å². The van der Waals surface area contributed by atoms with E-state index in [0.717, 1.165) is 19.3 Å². The molecule has 1 heterocycles. The van der Waals surface area contributed by atoms with Gasteiger partial charge in [0.2, 0.25) is 11.8 Å². The average Bonchev–Trinajstić information content (AvgIpc) is 3.25. The first-order valence-corrected chi connectivity index (χ1v) is 8.34. The molecular formula is C17H20ClFN2O2. The van der Waals surface area contributed by atoms with Crippen LogP contribution in [0.3, 0.4) is 0 Å². The van der Waals surface area contributed by atoms with Gasteiger partial charge in [-0.25, -0.2) is 4.39 Å². The zero-order chi connectivity index (χ0) is 16.6. The Bertz CT molecular complexity index is 633. The van der Waals surface area contributed by atoms with Crippen LogP contribution in [0.25, 0.3) is 0 Å². The second-order valence-electron chi connectivity index (χ2n) is 6.39. The van der Waals surface area contributed by atoms with E-state index in [-0.39, 0.29) is 23.8 Å². The van der Waals surface area contributed by atoms with Gasteiger partial charge in [-0.3, -0.25) is 9.59 Å². The highest BCUT2D eigenvalue weighted by atomic mass is 35.5. The summed E-state index contributed by atoms with van der Waals surface area (Å²) in [7, 11) is 1.69. The SMILES string of the molecule is CN(Cc1ccc(F)cc1Cl)C(=O)[C@@H]1CCCN1C(=O)C1CC1. The van der Waals surface area contributed by atoms with Gasteiger partial charge in [0.05, 0.1) is 0 Å². The summed E-state index contributed by atoms with van der Waals surface area (Å²) < 4.78 is 13.1. The van der Waals surface area contributed by atoms with E-state index >= 15 is 0 Å². The molecule has 1 atom stereocenters. The second kappa shape index (κ2) is 6.48. The van der Waals surface area contributed by atoms with Crippen LogP contribution in [0.2, 0.25) is 5.02 Å². The minimum atomic E-state index is -0.398. The molecule has 124 valence electrons. The summed E-state index contributed by atoms with van der Waals surface area (Å²) in [6.45, 7) is 0.969. The van der Waals surface area contributed by atoms with Crippen molar-refractivity contribution in [1.82, 2.24) is 9.80 Å². The molecule has 2 amide bonds. The number of likely N-dealkylation sites (tertiary alicyclic amines) is 1. The molecule has 0 aromatic heterocycles. The number of amides is 2. The molecule has 1 saturated carbocycles. The van der Waals surface area contributed by atoms with Crippen LogP contribution in [0.5, 0.6) is 0 Å². The third-order valence-corrected chi connectivity index (χ3v) is 4.90. The average molecular weight is 339 g/mol. The van der Waals surface area contributed by atoms with Gasteiger partial charge in [-0.05, 0) is 43.4 Å². The van der Waals surface area contributed by atoms with Crippen LogP contribution in [0.1, 0.15) is 31.2 Å². The van der Waals surface area contributed by atoms with Crippen LogP contribution in [-0.2, 0) is 16.1 Å². The van der Waals surface area contributed by atoms with Crippen molar-refractivity contribution in [3.63, 3.8) is 0 Å². The fourth-order valence-corrected chi connectivity index (χ4v) is 3.32. The molecule has 0 spiro atoms. The summed E-state index contributed by atoms with van der Waals surface area (Å²) in [6, 6.07) is 3.79. The van der Waals surface area contributed by atoms with Crippen LogP contribution in [0.4, 0.5) is 4.39 Å². The van der Waals surface area contributed by atoms with Crippen LogP contribution in [0.15, 0.2) is 18.2 Å². The number of hydrogen-bond donors (Lipinski definition) is 0. The lowest BCUT2D eigenvalue weighted by molar-refractivity contribution is -0.144. The van der Waals surface area contributed by atoms with Crippen molar-refractivity contribution >= 4 is 23.4 Å². The van der Waals surface area contributed by atoms with Crippen LogP contribution in [-0.4, -0.2) is 41.2 Å². The number of likely N-dealkylation sites (N-methyl/N-ethyl adjacent to an activating group) is 1. The lowest BCUT2D eigenvalue weighted by atomic mass is 10.1. The number of rotatable bonds is 4. The van der Waals surface area contributed by atoms with E-state index in [9.17, 15) is 14.0 Å². The number of halogens is 2. The number of hydrogen-bond acceptors (Lipinski definition) is 2. The second-order valence-corrected chi connectivity index (χ2v) is 6.80. The molecule has 0 N–H and O–H groups in total. The Labute approximate surface area is 140 Å². The number of nitrogens with zero attached hydrogens (tertiary/aromatic N) is 2. The molecule has 4 nitrogen and oxygen atoms in total. The molecular weight excluding hydrogens is 319 g/mol. The molecule has 1 aromatic rings. The van der Waals surface area contributed by atoms with Crippen molar-refractivity contribution in [3.8, 4) is 0 Å². The highest BCUT2D eigenvalue weighted by molar-refractivity contribution is 6.31. The molecule has 6 heteroatoms. The summed E-state index contributed by atoms with van der Waals surface area (Å²) in [5.41, 5.74) is 0.696. The van der Waals surface area contributed by atoms with Crippen molar-refractivity contribution in [3.05, 3.63) is 34.6 Å². The Morgan fingerprint density at radius 1 is 1.35 bits per heavy atom. The molecule has 3 rings (SSSR count). The van der Waals surface area contributed by atoms with Crippen LogP contribution in [0, 0.1) is 11.7 Å². The van der Waals surface area contributed by atoms with Crippen molar-refractivity contribution < 1.29 is 14.0 Å². The Morgan fingerprint density at radius 3 is 2.74 bits per heavy atom. The zero-order valence-corrected chi connectivity index (χ0v) is 13.9. The maximum atomic E-state index is 13.1. The molecule has 1 aliphatic carbocycles. The summed E-state index contributed by atoms with van der Waals surface area (Å²) >= 11 is 6.02. The summed E-state index contributed by atoms with van der Waals surface area (Å²) in [5.74, 6) is -0.226. The Balaban J connectivity index is 1.67. The maximum absolute atomic E-state index is 13.1. The molecule has 2 aliphatic rings. The maximum Gasteiger partial charge on any atom is 0.245 e. The summed E-state index contributed by atoms with van der Waals surface area (Å²) in [6.07, 6.45) is 3.45. The Hall–Kier alpha value is -1.62. The summed E-state index contributed by atoms with van der Waals surface area (Å²) in [5, 5.41) is 0.307. The van der Waals surface area contributed by atoms with Gasteiger partial charge in [-0.15, -0.1) is 0 Å². The van der Waals surface area contributed by atoms with Crippen molar-refractivity contribution in [2.75, 3.05) is 13.6 Å². The first-order valence-electron chi connectivity index (χ1n) is 7.96. The van der Waals surface area contributed by atoms with Gasteiger partial charge >= 0.3 is 0 Å². The fraction of sp³-hybridized carbons (Fsp3) is 0.529. The first kappa shape index (κ1) is 16.2. The number of carbonyl (C=O) groups is 2. The van der Waals surface area contributed by atoms with E-state index in [1.807, 2.05) is 0 Å². The van der Waals surface area contributed by atoms with E-state index in [0.29, 0.717) is 30.1 Å². The molecule has 0 radical (unpaired) electrons. The topological polar surface area (TPSA) is 40.6 Å². The third kappa shape index (κ3) is 3.50. The predicted octanol–water partition coefficient (Wildman–Crippen LogP) is 2.84. The number of carbonyl (C=O) groups excluding carboxylic acids is 2. The zero-order valence-electron chi connectivity index (χ0n) is 13.1. The molecule has 1 aromatic carbocycles. The van der Waals surface area contributed by atoms with Gasteiger partial charge in [-0.2, -0.15) is 0 Å². The third-order valence-electron chi connectivity index (χ3n) is 4.55. The number of benzene rings is 1. The van der Waals surface area contributed by atoms with Gasteiger partial charge in [-0.1, -0.05) is 17.7 Å². The standard InChI is InChI=1S/C17H20ClFN2O2/c1-20(10-12-6-7-13(19)9-14(12)18)17(23)15-3-2-8-21(15)16(22)11-4-5-11/h6-7,9,11,15H,2-5,8,10H2,1H3/t15-/m0/s1. The quantitative estimate of drug-likeness (QED) is 0.847. The minimum absolute atomic E-state index is 0.0723. The largest absolute Gasteiger partial charge is 0.340 e. The van der Waals surface area contributed by atoms with Crippen LogP contribution >= 0.6 is 11.6 Å². The molecule has 1 aliphatic heterocycles. The van der Waals surface area contributed by atoms with Crippen molar-refractivity contribution in [2.24, 2.45) is 5.92 Å². The smallest absolute Gasteiger partial charge is 0.245 e. The van der Waals surface area contributed by atoms with E-state index < -0.39 is 5.82 Å². The molecule has 23 heavy (non-hydrogen) atoms. The highest BCUT2D eigenvalue weighted by Gasteiger charge is 2.41. The van der Waals surface area contributed by atoms with Gasteiger partial charge in [0.25, 0.3) is 0 Å². The van der Waals surface area contributed by atoms with Crippen LogP contribution < -0.4 is 0 Å². The molecule has 0 unspecified atom stereocenters. The van der Waals surface area contributed by atoms with Gasteiger partial charge in [0, 0.05) is 31.1 Å². The molecule has 2 fully saturated rings. The Morgan fingerprint density at radius 2 is 2.09 bits per heavy atom. The lowest BCUT2D eigenvalue weighted by Crippen LogP contribution is -2.46. The normalized spacial score (nSPS) is 20.7. The van der Waals surface area contributed by atoms with E-state index in [1.54, 1.807) is 22.9 Å². The van der Waals surface area contributed by atoms with Gasteiger partial charge < -0.3 is 9.80 Å². The lowest BCUT2D eigenvalue weighted by Gasteiger charge is -2.28.